The van der Waals surface area contributed by atoms with Crippen molar-refractivity contribution >= 4 is 6.03 Å². The van der Waals surface area contributed by atoms with Gasteiger partial charge in [0.1, 0.15) is 12.2 Å². The Hall–Kier alpha value is -2.61. The van der Waals surface area contributed by atoms with Gasteiger partial charge in [0.05, 0.1) is 11.8 Å². The van der Waals surface area contributed by atoms with Gasteiger partial charge in [-0.25, -0.2) is 24.7 Å². The van der Waals surface area contributed by atoms with Crippen LogP contribution in [0.1, 0.15) is 43.8 Å². The van der Waals surface area contributed by atoms with Gasteiger partial charge in [-0.3, -0.25) is 0 Å². The molecule has 2 saturated heterocycles. The van der Waals surface area contributed by atoms with Crippen molar-refractivity contribution in [3.05, 3.63) is 36.8 Å². The molecule has 3 atom stereocenters. The molecule has 3 aliphatic rings. The number of fused-ring (bicyclic) bond motifs is 1. The van der Waals surface area contributed by atoms with Crippen LogP contribution >= 0.6 is 0 Å². The first-order valence-electron chi connectivity index (χ1n) is 10.5. The fourth-order valence-electron chi connectivity index (χ4n) is 4.71. The van der Waals surface area contributed by atoms with Crippen molar-refractivity contribution in [3.63, 3.8) is 0 Å². The first-order valence-corrected chi connectivity index (χ1v) is 10.5. The summed E-state index contributed by atoms with van der Waals surface area (Å²) in [6.07, 6.45) is 12.2. The summed E-state index contributed by atoms with van der Waals surface area (Å²) in [5.74, 6) is 1.61. The van der Waals surface area contributed by atoms with Crippen LogP contribution in [0.25, 0.3) is 11.3 Å². The van der Waals surface area contributed by atoms with Crippen LogP contribution in [0, 0.1) is 5.92 Å². The van der Waals surface area contributed by atoms with Crippen molar-refractivity contribution in [2.45, 2.75) is 50.2 Å². The normalized spacial score (nSPS) is 27.0. The summed E-state index contributed by atoms with van der Waals surface area (Å²) in [4.78, 5) is 32.0. The highest BCUT2D eigenvalue weighted by atomic mass is 16.5. The van der Waals surface area contributed by atoms with Gasteiger partial charge in [-0.2, -0.15) is 0 Å². The molecule has 3 fully saturated rings. The van der Waals surface area contributed by atoms with Crippen molar-refractivity contribution in [2.75, 3.05) is 19.7 Å². The van der Waals surface area contributed by atoms with E-state index in [1.807, 2.05) is 11.0 Å². The fourth-order valence-corrected chi connectivity index (χ4v) is 4.71. The third-order valence-corrected chi connectivity index (χ3v) is 6.48. The van der Waals surface area contributed by atoms with Crippen LogP contribution < -0.4 is 5.32 Å². The molecule has 0 aromatic carbocycles. The number of ether oxygens (including phenoxy) is 1. The Morgan fingerprint density at radius 3 is 2.79 bits per heavy atom. The van der Waals surface area contributed by atoms with E-state index in [0.717, 1.165) is 68.9 Å². The van der Waals surface area contributed by atoms with Gasteiger partial charge in [0, 0.05) is 61.7 Å². The molecule has 0 spiro atoms. The Balaban J connectivity index is 1.16. The van der Waals surface area contributed by atoms with E-state index in [1.54, 1.807) is 18.6 Å². The molecule has 0 bridgehead atoms. The Bertz CT molecular complexity index is 855. The average molecular weight is 394 g/mol. The van der Waals surface area contributed by atoms with Gasteiger partial charge < -0.3 is 15.0 Å². The summed E-state index contributed by atoms with van der Waals surface area (Å²) in [7, 11) is 0. The Morgan fingerprint density at radius 1 is 1.17 bits per heavy atom. The Labute approximate surface area is 170 Å². The zero-order chi connectivity index (χ0) is 19.6. The van der Waals surface area contributed by atoms with Crippen LogP contribution in [0.2, 0.25) is 0 Å². The van der Waals surface area contributed by atoms with Crippen molar-refractivity contribution in [1.82, 2.24) is 30.2 Å². The molecule has 8 nitrogen and oxygen atoms in total. The van der Waals surface area contributed by atoms with Gasteiger partial charge in [-0.15, -0.1) is 0 Å². The summed E-state index contributed by atoms with van der Waals surface area (Å²) >= 11 is 0. The lowest BCUT2D eigenvalue weighted by Gasteiger charge is -2.48. The van der Waals surface area contributed by atoms with Crippen LogP contribution in [-0.2, 0) is 4.74 Å². The number of amides is 2. The lowest BCUT2D eigenvalue weighted by molar-refractivity contribution is -0.101. The Morgan fingerprint density at radius 2 is 2.00 bits per heavy atom. The molecular formula is C21H26N6O2. The second-order valence-electron chi connectivity index (χ2n) is 8.20. The highest BCUT2D eigenvalue weighted by Gasteiger charge is 2.44. The molecular weight excluding hydrogens is 368 g/mol. The number of hydrogen-bond acceptors (Lipinski definition) is 6. The summed E-state index contributed by atoms with van der Waals surface area (Å²) in [5, 5.41) is 3.23. The van der Waals surface area contributed by atoms with Crippen molar-refractivity contribution in [2.24, 2.45) is 5.92 Å². The minimum Gasteiger partial charge on any atom is -0.378 e. The molecule has 1 aliphatic carbocycles. The lowest BCUT2D eigenvalue weighted by atomic mass is 9.72. The maximum absolute atomic E-state index is 12.7. The van der Waals surface area contributed by atoms with Crippen LogP contribution in [0.3, 0.4) is 0 Å². The van der Waals surface area contributed by atoms with E-state index < -0.39 is 0 Å². The fraction of sp³-hybridized carbons (Fsp3) is 0.571. The molecule has 2 aromatic heterocycles. The predicted molar refractivity (Wildman–Crippen MR) is 106 cm³/mol. The molecule has 8 heteroatoms. The number of rotatable bonds is 3. The summed E-state index contributed by atoms with van der Waals surface area (Å²) in [6, 6.07) is 2.22. The number of urea groups is 1. The SMILES string of the molecule is O=C(NC1CC2OCCCC12)N1CCC(c2nccc(-c3cncnc3)n2)CC1. The van der Waals surface area contributed by atoms with E-state index >= 15 is 0 Å². The van der Waals surface area contributed by atoms with Gasteiger partial charge in [-0.05, 0) is 38.2 Å². The number of carbonyl (C=O) groups excluding carboxylic acids is 1. The molecule has 4 heterocycles. The molecule has 1 saturated carbocycles. The first-order chi connectivity index (χ1) is 14.3. The van der Waals surface area contributed by atoms with E-state index in [-0.39, 0.29) is 18.0 Å². The number of likely N-dealkylation sites (tertiary alicyclic amines) is 1. The Kier molecular flexibility index (Phi) is 5.10. The third kappa shape index (κ3) is 3.81. The predicted octanol–water partition coefficient (Wildman–Crippen LogP) is 2.39. The van der Waals surface area contributed by atoms with E-state index in [0.29, 0.717) is 12.0 Å². The molecule has 3 unspecified atom stereocenters. The average Bonchev–Trinajstić information content (AvgIpc) is 2.78. The van der Waals surface area contributed by atoms with Crippen LogP contribution in [0.15, 0.2) is 31.0 Å². The van der Waals surface area contributed by atoms with Crippen molar-refractivity contribution in [1.29, 1.82) is 0 Å². The number of aromatic nitrogens is 4. The van der Waals surface area contributed by atoms with E-state index in [4.69, 9.17) is 9.72 Å². The van der Waals surface area contributed by atoms with Gasteiger partial charge >= 0.3 is 6.03 Å². The number of carbonyl (C=O) groups is 1. The zero-order valence-electron chi connectivity index (χ0n) is 16.4. The van der Waals surface area contributed by atoms with Crippen molar-refractivity contribution in [3.8, 4) is 11.3 Å². The molecule has 29 heavy (non-hydrogen) atoms. The second kappa shape index (κ2) is 8.02. The summed E-state index contributed by atoms with van der Waals surface area (Å²) in [6.45, 7) is 2.33. The number of nitrogens with zero attached hydrogens (tertiary/aromatic N) is 5. The highest BCUT2D eigenvalue weighted by molar-refractivity contribution is 5.74. The quantitative estimate of drug-likeness (QED) is 0.859. The van der Waals surface area contributed by atoms with Gasteiger partial charge in [-0.1, -0.05) is 0 Å². The van der Waals surface area contributed by atoms with Crippen molar-refractivity contribution < 1.29 is 9.53 Å². The maximum atomic E-state index is 12.7. The van der Waals surface area contributed by atoms with E-state index in [9.17, 15) is 4.79 Å². The minimum atomic E-state index is 0.0635. The smallest absolute Gasteiger partial charge is 0.317 e. The van der Waals surface area contributed by atoms with Gasteiger partial charge in [0.2, 0.25) is 0 Å². The number of nitrogens with one attached hydrogen (secondary N) is 1. The molecule has 0 radical (unpaired) electrons. The molecule has 5 rings (SSSR count). The lowest BCUT2D eigenvalue weighted by Crippen LogP contribution is -2.60. The molecule has 2 aliphatic heterocycles. The van der Waals surface area contributed by atoms with E-state index in [2.05, 4.69) is 20.3 Å². The molecule has 2 amide bonds. The van der Waals surface area contributed by atoms with Gasteiger partial charge in [0.15, 0.2) is 0 Å². The first kappa shape index (κ1) is 18.4. The molecule has 152 valence electrons. The second-order valence-corrected chi connectivity index (χ2v) is 8.20. The number of hydrogen-bond donors (Lipinski definition) is 1. The standard InChI is InChI=1S/C21H26N6O2/c28-21(26-18-10-19-16(18)2-1-9-29-19)27-7-4-14(5-8-27)20-24-6-3-17(25-20)15-11-22-13-23-12-15/h3,6,11-14,16,18-19H,1-2,4-5,7-10H2,(H,26,28). The topological polar surface area (TPSA) is 93.1 Å². The minimum absolute atomic E-state index is 0.0635. The zero-order valence-corrected chi connectivity index (χ0v) is 16.4. The van der Waals surface area contributed by atoms with Crippen LogP contribution in [0.4, 0.5) is 4.79 Å². The summed E-state index contributed by atoms with van der Waals surface area (Å²) in [5.41, 5.74) is 1.73. The van der Waals surface area contributed by atoms with Crippen LogP contribution in [-0.4, -0.2) is 62.7 Å². The molecule has 2 aromatic rings. The monoisotopic (exact) mass is 394 g/mol. The maximum Gasteiger partial charge on any atom is 0.317 e. The summed E-state index contributed by atoms with van der Waals surface area (Å²) < 4.78 is 5.75. The van der Waals surface area contributed by atoms with E-state index in [1.165, 1.54) is 6.33 Å². The molecule has 1 N–H and O–H groups in total. The highest BCUT2D eigenvalue weighted by Crippen LogP contribution is 2.38. The van der Waals surface area contributed by atoms with Crippen LogP contribution in [0.5, 0.6) is 0 Å². The number of piperidine rings is 1. The van der Waals surface area contributed by atoms with Gasteiger partial charge in [0.25, 0.3) is 0 Å². The largest absolute Gasteiger partial charge is 0.378 e. The third-order valence-electron chi connectivity index (χ3n) is 6.48.